The Morgan fingerprint density at radius 2 is 1.92 bits per heavy atom. The molecule has 120 valence electrons. The summed E-state index contributed by atoms with van der Waals surface area (Å²) in [5.74, 6) is 1.80. The Morgan fingerprint density at radius 3 is 2.58 bits per heavy atom. The number of methoxy groups -OCH3 is 2. The van der Waals surface area contributed by atoms with Gasteiger partial charge in [-0.2, -0.15) is 16.4 Å². The summed E-state index contributed by atoms with van der Waals surface area (Å²) in [4.78, 5) is 9.35. The van der Waals surface area contributed by atoms with Gasteiger partial charge >= 0.3 is 0 Å². The predicted molar refractivity (Wildman–Crippen MR) is 93.1 cm³/mol. The average molecular weight is 338 g/mol. The highest BCUT2D eigenvalue weighted by Crippen LogP contribution is 2.36. The van der Waals surface area contributed by atoms with E-state index in [1.165, 1.54) is 0 Å². The van der Waals surface area contributed by atoms with Gasteiger partial charge in [-0.1, -0.05) is 0 Å². The summed E-state index contributed by atoms with van der Waals surface area (Å²) in [7, 11) is 3.23. The summed E-state index contributed by atoms with van der Waals surface area (Å²) in [5.41, 5.74) is 2.65. The van der Waals surface area contributed by atoms with E-state index in [-0.39, 0.29) is 0 Å². The molecule has 4 rings (SSSR count). The van der Waals surface area contributed by atoms with Gasteiger partial charge < -0.3 is 9.47 Å². The summed E-state index contributed by atoms with van der Waals surface area (Å²) < 4.78 is 12.5. The highest BCUT2D eigenvalue weighted by Gasteiger charge is 2.15. The number of hydrogen-bond donors (Lipinski definition) is 0. The minimum absolute atomic E-state index is 0.515. The van der Waals surface area contributed by atoms with Crippen molar-refractivity contribution >= 4 is 22.2 Å². The van der Waals surface area contributed by atoms with Gasteiger partial charge in [-0.25, -0.2) is 14.6 Å². The molecule has 7 heteroatoms. The second-order valence-electron chi connectivity index (χ2n) is 5.06. The number of thiophene rings is 1. The molecule has 6 nitrogen and oxygen atoms in total. The molecule has 4 aromatic rings. The number of nitrogens with zero attached hydrogens (tertiary/aromatic N) is 4. The van der Waals surface area contributed by atoms with Crippen LogP contribution in [0.15, 0.2) is 47.4 Å². The third kappa shape index (κ3) is 2.39. The van der Waals surface area contributed by atoms with Crippen LogP contribution in [-0.2, 0) is 0 Å². The van der Waals surface area contributed by atoms with Crippen molar-refractivity contribution in [3.8, 4) is 28.7 Å². The normalized spacial score (nSPS) is 10.9. The van der Waals surface area contributed by atoms with E-state index in [9.17, 15) is 0 Å². The topological polar surface area (TPSA) is 62.1 Å². The average Bonchev–Trinajstić information content (AvgIpc) is 3.32. The Hall–Kier alpha value is -2.93. The number of hydrogen-bond acceptors (Lipinski definition) is 6. The molecular formula is C17H14N4O2S. The van der Waals surface area contributed by atoms with Crippen LogP contribution >= 0.6 is 11.3 Å². The molecule has 0 aliphatic rings. The molecule has 1 aromatic carbocycles. The lowest BCUT2D eigenvalue weighted by molar-refractivity contribution is 0.356. The van der Waals surface area contributed by atoms with Crippen molar-refractivity contribution in [3.63, 3.8) is 0 Å². The molecule has 24 heavy (non-hydrogen) atoms. The van der Waals surface area contributed by atoms with Gasteiger partial charge in [0.15, 0.2) is 11.5 Å². The minimum atomic E-state index is 0.515. The molecule has 0 unspecified atom stereocenters. The number of fused-ring (bicyclic) bond motifs is 1. The van der Waals surface area contributed by atoms with Gasteiger partial charge in [0.2, 0.25) is 0 Å². The van der Waals surface area contributed by atoms with Crippen LogP contribution in [0.25, 0.3) is 28.1 Å². The molecule has 0 spiro atoms. The minimum Gasteiger partial charge on any atom is -0.493 e. The van der Waals surface area contributed by atoms with Gasteiger partial charge in [-0.15, -0.1) is 0 Å². The largest absolute Gasteiger partial charge is 0.493 e. The number of aromatic nitrogens is 4. The second kappa shape index (κ2) is 5.93. The molecule has 3 heterocycles. The van der Waals surface area contributed by atoms with E-state index in [0.29, 0.717) is 17.4 Å². The summed E-state index contributed by atoms with van der Waals surface area (Å²) in [6, 6.07) is 7.65. The maximum Gasteiger partial charge on any atom is 0.251 e. The van der Waals surface area contributed by atoms with Crippen LogP contribution in [0.2, 0.25) is 0 Å². The molecule has 0 bridgehead atoms. The summed E-state index contributed by atoms with van der Waals surface area (Å²) in [6.45, 7) is 0. The third-order valence-electron chi connectivity index (χ3n) is 3.69. The van der Waals surface area contributed by atoms with Crippen LogP contribution in [0.3, 0.4) is 0 Å². The molecule has 0 N–H and O–H groups in total. The zero-order chi connectivity index (χ0) is 16.5. The van der Waals surface area contributed by atoms with Crippen molar-refractivity contribution in [2.45, 2.75) is 0 Å². The summed E-state index contributed by atoms with van der Waals surface area (Å²) >= 11 is 1.63. The molecule has 0 saturated carbocycles. The van der Waals surface area contributed by atoms with Gasteiger partial charge in [-0.3, -0.25) is 0 Å². The fourth-order valence-corrected chi connectivity index (χ4v) is 3.19. The van der Waals surface area contributed by atoms with Crippen LogP contribution in [0.4, 0.5) is 0 Å². The molecule has 0 aliphatic heterocycles. The zero-order valence-electron chi connectivity index (χ0n) is 13.1. The number of ether oxygens (including phenoxy) is 2. The fourth-order valence-electron chi connectivity index (χ4n) is 2.55. The first-order valence-electron chi connectivity index (χ1n) is 7.26. The van der Waals surface area contributed by atoms with E-state index in [1.807, 2.05) is 35.8 Å². The number of benzene rings is 1. The van der Waals surface area contributed by atoms with Gasteiger partial charge in [-0.05, 0) is 23.6 Å². The van der Waals surface area contributed by atoms with Gasteiger partial charge in [0.25, 0.3) is 5.95 Å². The first-order valence-corrected chi connectivity index (χ1v) is 8.21. The molecule has 0 amide bonds. The standard InChI is InChI=1S/C17H14N4O2S/c1-22-14-8-12-13(9-15(14)23-2)19-17(21-6-3-5-18-21)20-16(12)11-4-7-24-10-11/h3-10H,1-2H3. The second-order valence-corrected chi connectivity index (χ2v) is 5.84. The van der Waals surface area contributed by atoms with Gasteiger partial charge in [0.05, 0.1) is 25.4 Å². The van der Waals surface area contributed by atoms with Crippen LogP contribution in [0, 0.1) is 0 Å². The maximum absolute atomic E-state index is 5.42. The molecular weight excluding hydrogens is 324 g/mol. The summed E-state index contributed by atoms with van der Waals surface area (Å²) in [5, 5.41) is 9.22. The Balaban J connectivity index is 2.05. The van der Waals surface area contributed by atoms with E-state index in [0.717, 1.165) is 22.2 Å². The highest BCUT2D eigenvalue weighted by atomic mass is 32.1. The first-order chi connectivity index (χ1) is 11.8. The predicted octanol–water partition coefficient (Wildman–Crippen LogP) is 3.56. The van der Waals surface area contributed by atoms with Crippen molar-refractivity contribution in [1.29, 1.82) is 0 Å². The van der Waals surface area contributed by atoms with Crippen LogP contribution in [0.1, 0.15) is 0 Å². The highest BCUT2D eigenvalue weighted by molar-refractivity contribution is 7.08. The molecule has 0 saturated heterocycles. The van der Waals surface area contributed by atoms with Crippen molar-refractivity contribution < 1.29 is 9.47 Å². The van der Waals surface area contributed by atoms with E-state index in [1.54, 1.807) is 36.4 Å². The van der Waals surface area contributed by atoms with Crippen LogP contribution in [-0.4, -0.2) is 34.0 Å². The molecule has 0 radical (unpaired) electrons. The van der Waals surface area contributed by atoms with Crippen molar-refractivity contribution in [1.82, 2.24) is 19.7 Å². The van der Waals surface area contributed by atoms with Crippen molar-refractivity contribution in [3.05, 3.63) is 47.4 Å². The smallest absolute Gasteiger partial charge is 0.251 e. The molecule has 0 fully saturated rings. The lowest BCUT2D eigenvalue weighted by Crippen LogP contribution is -2.04. The van der Waals surface area contributed by atoms with Gasteiger partial charge in [0.1, 0.15) is 0 Å². The SMILES string of the molecule is COc1cc2nc(-n3cccn3)nc(-c3ccsc3)c2cc1OC. The Labute approximate surface area is 142 Å². The first kappa shape index (κ1) is 14.6. The van der Waals surface area contributed by atoms with E-state index >= 15 is 0 Å². The lowest BCUT2D eigenvalue weighted by atomic mass is 10.1. The Morgan fingerprint density at radius 1 is 1.08 bits per heavy atom. The van der Waals surface area contributed by atoms with Crippen LogP contribution in [0.5, 0.6) is 11.5 Å². The zero-order valence-corrected chi connectivity index (χ0v) is 13.9. The van der Waals surface area contributed by atoms with Gasteiger partial charge in [0, 0.05) is 34.8 Å². The Bertz CT molecular complexity index is 982. The third-order valence-corrected chi connectivity index (χ3v) is 4.38. The van der Waals surface area contributed by atoms with Crippen molar-refractivity contribution in [2.75, 3.05) is 14.2 Å². The fraction of sp³-hybridized carbons (Fsp3) is 0.118. The van der Waals surface area contributed by atoms with E-state index in [2.05, 4.69) is 15.5 Å². The van der Waals surface area contributed by atoms with E-state index in [4.69, 9.17) is 14.5 Å². The quantitative estimate of drug-likeness (QED) is 0.569. The maximum atomic E-state index is 5.42. The molecule has 3 aromatic heterocycles. The monoisotopic (exact) mass is 338 g/mol. The molecule has 0 atom stereocenters. The number of rotatable bonds is 4. The van der Waals surface area contributed by atoms with Crippen LogP contribution < -0.4 is 9.47 Å². The lowest BCUT2D eigenvalue weighted by Gasteiger charge is -2.12. The Kier molecular flexibility index (Phi) is 3.62. The molecule has 0 aliphatic carbocycles. The summed E-state index contributed by atoms with van der Waals surface area (Å²) in [6.07, 6.45) is 3.52. The van der Waals surface area contributed by atoms with Crippen molar-refractivity contribution in [2.24, 2.45) is 0 Å². The van der Waals surface area contributed by atoms with E-state index < -0.39 is 0 Å².